The van der Waals surface area contributed by atoms with Crippen LogP contribution in [-0.4, -0.2) is 69.5 Å². The van der Waals surface area contributed by atoms with Gasteiger partial charge in [-0.25, -0.2) is 20.2 Å². The third-order valence-electron chi connectivity index (χ3n) is 4.29. The number of nitriles is 1. The molecule has 3 heterocycles. The molecule has 148 valence electrons. The van der Waals surface area contributed by atoms with E-state index in [1.54, 1.807) is 6.07 Å². The quantitative estimate of drug-likeness (QED) is 0.612. The van der Waals surface area contributed by atoms with Gasteiger partial charge in [0.1, 0.15) is 42.0 Å². The number of thiazole rings is 1. The zero-order valence-corrected chi connectivity index (χ0v) is 16.6. The van der Waals surface area contributed by atoms with Crippen molar-refractivity contribution in [2.45, 2.75) is 19.9 Å². The minimum atomic E-state index is -0.276. The van der Waals surface area contributed by atoms with Crippen molar-refractivity contribution in [2.75, 3.05) is 42.9 Å². The molecule has 1 aliphatic heterocycles. The van der Waals surface area contributed by atoms with Gasteiger partial charge in [-0.15, -0.1) is 0 Å². The van der Waals surface area contributed by atoms with Crippen LogP contribution in [0.25, 0.3) is 0 Å². The van der Waals surface area contributed by atoms with Crippen LogP contribution >= 0.6 is 11.3 Å². The van der Waals surface area contributed by atoms with E-state index < -0.39 is 0 Å². The maximum Gasteiger partial charge on any atom is 0.278 e. The molecule has 0 atom stereocenters. The van der Waals surface area contributed by atoms with E-state index in [9.17, 15) is 10.0 Å². The van der Waals surface area contributed by atoms with Gasteiger partial charge >= 0.3 is 0 Å². The predicted octanol–water partition coefficient (Wildman–Crippen LogP) is 1.10. The van der Waals surface area contributed by atoms with E-state index in [-0.39, 0.29) is 23.1 Å². The van der Waals surface area contributed by atoms with Crippen molar-refractivity contribution in [1.29, 1.82) is 5.26 Å². The first-order valence-electron chi connectivity index (χ1n) is 8.95. The highest BCUT2D eigenvalue weighted by atomic mass is 32.1. The highest BCUT2D eigenvalue weighted by Gasteiger charge is 2.35. The Morgan fingerprint density at radius 3 is 2.79 bits per heavy atom. The van der Waals surface area contributed by atoms with Crippen LogP contribution in [0.3, 0.4) is 0 Å². The van der Waals surface area contributed by atoms with Crippen LogP contribution in [0.1, 0.15) is 18.7 Å². The molecule has 1 fully saturated rings. The average molecular weight is 403 g/mol. The van der Waals surface area contributed by atoms with Gasteiger partial charge in [-0.1, -0.05) is 11.3 Å². The number of hydroxylamine groups is 3. The van der Waals surface area contributed by atoms with E-state index in [4.69, 9.17) is 5.26 Å². The van der Waals surface area contributed by atoms with Gasteiger partial charge in [0.05, 0.1) is 19.3 Å². The van der Waals surface area contributed by atoms with Crippen molar-refractivity contribution in [3.05, 3.63) is 23.5 Å². The molecule has 1 amide bonds. The molecule has 0 saturated carbocycles. The Kier molecular flexibility index (Phi) is 6.03. The molecule has 0 aliphatic carbocycles. The summed E-state index contributed by atoms with van der Waals surface area (Å²) in [5, 5.41) is 26.0. The normalized spacial score (nSPS) is 15.9. The number of hydrogen-bond donors (Lipinski definition) is 3. The van der Waals surface area contributed by atoms with Crippen molar-refractivity contribution < 1.29 is 14.6 Å². The third-order valence-corrected chi connectivity index (χ3v) is 5.10. The first-order chi connectivity index (χ1) is 13.4. The fourth-order valence-electron chi connectivity index (χ4n) is 2.94. The molecule has 0 bridgehead atoms. The molecule has 0 unspecified atom stereocenters. The topological polar surface area (TPSA) is 127 Å². The molecule has 11 heteroatoms. The van der Waals surface area contributed by atoms with Crippen LogP contribution in [0.2, 0.25) is 0 Å². The summed E-state index contributed by atoms with van der Waals surface area (Å²) in [6, 6.07) is 3.90. The van der Waals surface area contributed by atoms with Crippen molar-refractivity contribution in [2.24, 2.45) is 0 Å². The minimum absolute atomic E-state index is 0.0495. The summed E-state index contributed by atoms with van der Waals surface area (Å²) in [6.45, 7) is 5.83. The summed E-state index contributed by atoms with van der Waals surface area (Å²) >= 11 is 1.25. The Labute approximate surface area is 167 Å². The molecule has 1 saturated heterocycles. The molecular weight excluding hydrogens is 380 g/mol. The summed E-state index contributed by atoms with van der Waals surface area (Å²) in [5.74, 6) is 1.16. The number of carbonyl (C=O) groups is 1. The fraction of sp³-hybridized carbons (Fsp3) is 0.471. The lowest BCUT2D eigenvalue weighted by Crippen LogP contribution is -2.61. The predicted molar refractivity (Wildman–Crippen MR) is 104 cm³/mol. The molecular formula is C17H23N8O2S+. The first-order valence-corrected chi connectivity index (χ1v) is 9.77. The Hall–Kier alpha value is -2.81. The molecule has 0 radical (unpaired) electrons. The van der Waals surface area contributed by atoms with Gasteiger partial charge in [0.15, 0.2) is 11.7 Å². The van der Waals surface area contributed by atoms with Gasteiger partial charge in [0, 0.05) is 12.1 Å². The monoisotopic (exact) mass is 403 g/mol. The summed E-state index contributed by atoms with van der Waals surface area (Å²) in [7, 11) is 0. The van der Waals surface area contributed by atoms with E-state index in [2.05, 4.69) is 25.6 Å². The van der Waals surface area contributed by atoms with Crippen LogP contribution in [0, 0.1) is 11.3 Å². The van der Waals surface area contributed by atoms with Gasteiger partial charge in [-0.05, 0) is 13.8 Å². The second-order valence-electron chi connectivity index (χ2n) is 6.94. The second kappa shape index (κ2) is 8.47. The molecule has 2 aromatic heterocycles. The SMILES string of the molecule is CC(C)NC(=O)C[N+]1(O)CCN(c2cc(Nc3ncc(C#N)s3)ncn2)CC1. The smallest absolute Gasteiger partial charge is 0.278 e. The van der Waals surface area contributed by atoms with Crippen LogP contribution in [0.15, 0.2) is 18.6 Å². The number of nitrogens with zero attached hydrogens (tertiary/aromatic N) is 6. The Bertz CT molecular complexity index is 870. The number of piperazine rings is 1. The maximum absolute atomic E-state index is 12.0. The van der Waals surface area contributed by atoms with Crippen molar-refractivity contribution in [1.82, 2.24) is 20.3 Å². The maximum atomic E-state index is 12.0. The summed E-state index contributed by atoms with van der Waals surface area (Å²) in [4.78, 5) is 27.2. The molecule has 0 spiro atoms. The van der Waals surface area contributed by atoms with Crippen molar-refractivity contribution in [3.63, 3.8) is 0 Å². The van der Waals surface area contributed by atoms with E-state index in [0.29, 0.717) is 42.0 Å². The number of carbonyl (C=O) groups excluding carboxylic acids is 1. The number of aromatic nitrogens is 3. The molecule has 10 nitrogen and oxygen atoms in total. The number of anilines is 3. The molecule has 0 aromatic carbocycles. The molecule has 28 heavy (non-hydrogen) atoms. The molecule has 3 N–H and O–H groups in total. The molecule has 3 rings (SSSR count). The first kappa shape index (κ1) is 19.9. The van der Waals surface area contributed by atoms with Crippen molar-refractivity contribution in [3.8, 4) is 6.07 Å². The van der Waals surface area contributed by atoms with Gasteiger partial charge in [0.2, 0.25) is 0 Å². The summed E-state index contributed by atoms with van der Waals surface area (Å²) in [5.41, 5.74) is 0. The summed E-state index contributed by atoms with van der Waals surface area (Å²) in [6.07, 6.45) is 2.97. The molecule has 2 aromatic rings. The highest BCUT2D eigenvalue weighted by molar-refractivity contribution is 7.16. The number of hydrogen-bond acceptors (Lipinski definition) is 9. The van der Waals surface area contributed by atoms with Crippen LogP contribution < -0.4 is 15.5 Å². The number of rotatable bonds is 6. The lowest BCUT2D eigenvalue weighted by atomic mass is 10.3. The Balaban J connectivity index is 1.60. The largest absolute Gasteiger partial charge is 0.349 e. The number of amides is 1. The van der Waals surface area contributed by atoms with E-state index in [0.717, 1.165) is 5.82 Å². The lowest BCUT2D eigenvalue weighted by molar-refractivity contribution is -1.10. The van der Waals surface area contributed by atoms with Gasteiger partial charge in [-0.3, -0.25) is 4.79 Å². The van der Waals surface area contributed by atoms with Crippen LogP contribution in [0.4, 0.5) is 16.8 Å². The Morgan fingerprint density at radius 2 is 2.14 bits per heavy atom. The minimum Gasteiger partial charge on any atom is -0.349 e. The number of nitrogens with one attached hydrogen (secondary N) is 2. The Morgan fingerprint density at radius 1 is 1.39 bits per heavy atom. The fourth-order valence-corrected chi connectivity index (χ4v) is 3.56. The van der Waals surface area contributed by atoms with Gasteiger partial charge in [-0.2, -0.15) is 9.91 Å². The second-order valence-corrected chi connectivity index (χ2v) is 7.97. The average Bonchev–Trinajstić information content (AvgIpc) is 3.09. The zero-order valence-electron chi connectivity index (χ0n) is 15.8. The summed E-state index contributed by atoms with van der Waals surface area (Å²) < 4.78 is -0.276. The third kappa shape index (κ3) is 5.13. The van der Waals surface area contributed by atoms with E-state index in [1.807, 2.05) is 24.8 Å². The lowest BCUT2D eigenvalue weighted by Gasteiger charge is -2.38. The van der Waals surface area contributed by atoms with E-state index in [1.165, 1.54) is 23.9 Å². The number of quaternary nitrogens is 1. The van der Waals surface area contributed by atoms with E-state index >= 15 is 0 Å². The van der Waals surface area contributed by atoms with Gasteiger partial charge < -0.3 is 15.5 Å². The van der Waals surface area contributed by atoms with Crippen LogP contribution in [0.5, 0.6) is 0 Å². The highest BCUT2D eigenvalue weighted by Crippen LogP contribution is 2.23. The molecule has 1 aliphatic rings. The van der Waals surface area contributed by atoms with Crippen molar-refractivity contribution >= 4 is 34.0 Å². The van der Waals surface area contributed by atoms with Crippen LogP contribution in [-0.2, 0) is 4.79 Å². The standard InChI is InChI=1S/C17H22N8O2S/c1-12(2)22-16(26)10-25(27)5-3-24(4-6-25)15-7-14(20-11-21-15)23-17-19-9-13(8-18)28-17/h7,9,11-12,27H,3-6,10H2,1-2H3,(H-,19,20,21,22,23,26)/p+1. The zero-order chi connectivity index (χ0) is 20.1. The van der Waals surface area contributed by atoms with Gasteiger partial charge in [0.25, 0.3) is 5.91 Å².